The van der Waals surface area contributed by atoms with E-state index in [1.165, 1.54) is 0 Å². The molecule has 0 atom stereocenters. The highest BCUT2D eigenvalue weighted by Crippen LogP contribution is 2.18. The van der Waals surface area contributed by atoms with Gasteiger partial charge in [-0.1, -0.05) is 6.07 Å². The minimum absolute atomic E-state index is 0.514. The molecule has 0 spiro atoms. The number of hydrogen-bond acceptors (Lipinski definition) is 3. The van der Waals surface area contributed by atoms with Crippen LogP contribution in [0.25, 0.3) is 0 Å². The average Bonchev–Trinajstić information content (AvgIpc) is 2.38. The van der Waals surface area contributed by atoms with Crippen molar-refractivity contribution in [1.29, 1.82) is 0 Å². The van der Waals surface area contributed by atoms with Crippen molar-refractivity contribution in [3.05, 3.63) is 53.6 Å². The highest BCUT2D eigenvalue weighted by atomic mass is 16.6. The number of amides is 1. The fourth-order valence-electron chi connectivity index (χ4n) is 1.92. The molecule has 2 rings (SSSR count). The third-order valence-corrected chi connectivity index (χ3v) is 2.74. The first-order chi connectivity index (χ1) is 9.56. The van der Waals surface area contributed by atoms with Crippen molar-refractivity contribution in [2.75, 3.05) is 12.4 Å². The van der Waals surface area contributed by atoms with E-state index in [4.69, 9.17) is 9.47 Å². The molecule has 0 saturated carbocycles. The van der Waals surface area contributed by atoms with E-state index in [-0.39, 0.29) is 0 Å². The molecule has 20 heavy (non-hydrogen) atoms. The van der Waals surface area contributed by atoms with Gasteiger partial charge in [0, 0.05) is 5.69 Å². The molecule has 2 aromatic rings. The van der Waals surface area contributed by atoms with Gasteiger partial charge in [-0.15, -0.1) is 0 Å². The maximum atomic E-state index is 11.8. The van der Waals surface area contributed by atoms with Crippen LogP contribution in [0.15, 0.2) is 42.5 Å². The lowest BCUT2D eigenvalue weighted by molar-refractivity contribution is 0.215. The molecule has 0 aromatic heterocycles. The van der Waals surface area contributed by atoms with Gasteiger partial charge in [0.2, 0.25) is 0 Å². The van der Waals surface area contributed by atoms with E-state index in [1.807, 2.05) is 32.0 Å². The summed E-state index contributed by atoms with van der Waals surface area (Å²) in [5, 5.41) is 2.66. The summed E-state index contributed by atoms with van der Waals surface area (Å²) in [7, 11) is 1.59. The maximum absolute atomic E-state index is 11.8. The second-order valence-corrected chi connectivity index (χ2v) is 4.57. The Hall–Kier alpha value is -2.49. The third kappa shape index (κ3) is 3.75. The molecular weight excluding hydrogens is 254 g/mol. The van der Waals surface area contributed by atoms with Gasteiger partial charge in [-0.25, -0.2) is 4.79 Å². The van der Waals surface area contributed by atoms with Crippen LogP contribution in [0, 0.1) is 13.8 Å². The molecule has 104 valence electrons. The monoisotopic (exact) mass is 271 g/mol. The molecule has 4 heteroatoms. The van der Waals surface area contributed by atoms with Crippen molar-refractivity contribution >= 4 is 11.8 Å². The van der Waals surface area contributed by atoms with E-state index in [0.29, 0.717) is 11.4 Å². The molecule has 2 aromatic carbocycles. The summed E-state index contributed by atoms with van der Waals surface area (Å²) in [5.41, 5.74) is 2.76. The molecule has 0 aliphatic rings. The van der Waals surface area contributed by atoms with Crippen molar-refractivity contribution < 1.29 is 14.3 Å². The van der Waals surface area contributed by atoms with E-state index in [2.05, 4.69) is 5.32 Å². The van der Waals surface area contributed by atoms with Crippen LogP contribution >= 0.6 is 0 Å². The van der Waals surface area contributed by atoms with Crippen LogP contribution in [0.2, 0.25) is 0 Å². The number of benzene rings is 2. The molecule has 0 saturated heterocycles. The highest BCUT2D eigenvalue weighted by Gasteiger charge is 2.06. The first-order valence-corrected chi connectivity index (χ1v) is 6.28. The molecule has 1 N–H and O–H groups in total. The molecule has 0 bridgehead atoms. The summed E-state index contributed by atoms with van der Waals surface area (Å²) >= 11 is 0. The first-order valence-electron chi connectivity index (χ1n) is 6.28. The summed E-state index contributed by atoms with van der Waals surface area (Å²) in [5.74, 6) is 1.27. The number of aryl methyl sites for hydroxylation is 2. The molecule has 0 aliphatic carbocycles. The number of methoxy groups -OCH3 is 1. The summed E-state index contributed by atoms with van der Waals surface area (Å²) < 4.78 is 10.3. The minimum atomic E-state index is -0.514. The second kappa shape index (κ2) is 6.10. The Kier molecular flexibility index (Phi) is 4.25. The molecule has 0 heterocycles. The number of rotatable bonds is 3. The molecule has 0 unspecified atom stereocenters. The van der Waals surface area contributed by atoms with Gasteiger partial charge in [-0.05, 0) is 61.4 Å². The Balaban J connectivity index is 2.01. The zero-order chi connectivity index (χ0) is 14.5. The molecule has 0 aliphatic heterocycles. The van der Waals surface area contributed by atoms with Gasteiger partial charge in [0.1, 0.15) is 11.5 Å². The van der Waals surface area contributed by atoms with Crippen LogP contribution in [0.1, 0.15) is 11.1 Å². The smallest absolute Gasteiger partial charge is 0.417 e. The zero-order valence-electron chi connectivity index (χ0n) is 11.8. The fourth-order valence-corrected chi connectivity index (χ4v) is 1.92. The van der Waals surface area contributed by atoms with Crippen LogP contribution < -0.4 is 14.8 Å². The average molecular weight is 271 g/mol. The van der Waals surface area contributed by atoms with Crippen LogP contribution in [0.5, 0.6) is 11.5 Å². The normalized spacial score (nSPS) is 9.95. The quantitative estimate of drug-likeness (QED) is 0.920. The summed E-state index contributed by atoms with van der Waals surface area (Å²) in [6.07, 6.45) is -0.514. The summed E-state index contributed by atoms with van der Waals surface area (Å²) in [4.78, 5) is 11.8. The largest absolute Gasteiger partial charge is 0.497 e. The van der Waals surface area contributed by atoms with Crippen LogP contribution in [-0.4, -0.2) is 13.2 Å². The standard InChI is InChI=1S/C16H17NO3/c1-11-8-12(2)10-15(9-11)20-16(18)17-13-4-6-14(19-3)7-5-13/h4-10H,1-3H3,(H,17,18). The number of ether oxygens (including phenoxy) is 2. The molecule has 1 amide bonds. The minimum Gasteiger partial charge on any atom is -0.497 e. The number of nitrogens with one attached hydrogen (secondary N) is 1. The van der Waals surface area contributed by atoms with Gasteiger partial charge in [0.05, 0.1) is 7.11 Å². The Morgan fingerprint density at radius 3 is 2.10 bits per heavy atom. The van der Waals surface area contributed by atoms with Gasteiger partial charge in [0.25, 0.3) is 0 Å². The number of hydrogen-bond donors (Lipinski definition) is 1. The molecular formula is C16H17NO3. The fraction of sp³-hybridized carbons (Fsp3) is 0.188. The van der Waals surface area contributed by atoms with Crippen molar-refractivity contribution in [2.45, 2.75) is 13.8 Å². The van der Waals surface area contributed by atoms with E-state index in [1.54, 1.807) is 31.4 Å². The van der Waals surface area contributed by atoms with Crippen molar-refractivity contribution in [2.24, 2.45) is 0 Å². The molecule has 0 fully saturated rings. The van der Waals surface area contributed by atoms with Crippen molar-refractivity contribution in [1.82, 2.24) is 0 Å². The van der Waals surface area contributed by atoms with Gasteiger partial charge in [-0.3, -0.25) is 5.32 Å². The topological polar surface area (TPSA) is 47.6 Å². The predicted molar refractivity (Wildman–Crippen MR) is 78.6 cm³/mol. The van der Waals surface area contributed by atoms with Crippen molar-refractivity contribution in [3.63, 3.8) is 0 Å². The summed E-state index contributed by atoms with van der Waals surface area (Å²) in [6.45, 7) is 3.92. The van der Waals surface area contributed by atoms with E-state index < -0.39 is 6.09 Å². The third-order valence-electron chi connectivity index (χ3n) is 2.74. The highest BCUT2D eigenvalue weighted by molar-refractivity contribution is 5.86. The Bertz CT molecular complexity index is 585. The lowest BCUT2D eigenvalue weighted by Gasteiger charge is -2.08. The number of carbonyl (C=O) groups excluding carboxylic acids is 1. The van der Waals surface area contributed by atoms with Gasteiger partial charge >= 0.3 is 6.09 Å². The maximum Gasteiger partial charge on any atom is 0.417 e. The molecule has 0 radical (unpaired) electrons. The van der Waals surface area contributed by atoms with Gasteiger partial charge in [0.15, 0.2) is 0 Å². The molecule has 4 nitrogen and oxygen atoms in total. The van der Waals surface area contributed by atoms with E-state index in [0.717, 1.165) is 16.9 Å². The lowest BCUT2D eigenvalue weighted by Crippen LogP contribution is -2.16. The van der Waals surface area contributed by atoms with Gasteiger partial charge in [-0.2, -0.15) is 0 Å². The predicted octanol–water partition coefficient (Wildman–Crippen LogP) is 3.92. The zero-order valence-corrected chi connectivity index (χ0v) is 11.8. The summed E-state index contributed by atoms with van der Waals surface area (Å²) in [6, 6.07) is 12.7. The Morgan fingerprint density at radius 2 is 1.55 bits per heavy atom. The number of carbonyl (C=O) groups is 1. The van der Waals surface area contributed by atoms with Crippen LogP contribution in [0.4, 0.5) is 10.5 Å². The van der Waals surface area contributed by atoms with Gasteiger partial charge < -0.3 is 9.47 Å². The van der Waals surface area contributed by atoms with E-state index >= 15 is 0 Å². The lowest BCUT2D eigenvalue weighted by atomic mass is 10.1. The van der Waals surface area contributed by atoms with Crippen LogP contribution in [0.3, 0.4) is 0 Å². The SMILES string of the molecule is COc1ccc(NC(=O)Oc2cc(C)cc(C)c2)cc1. The van der Waals surface area contributed by atoms with Crippen molar-refractivity contribution in [3.8, 4) is 11.5 Å². The number of anilines is 1. The van der Waals surface area contributed by atoms with E-state index in [9.17, 15) is 4.79 Å². The Morgan fingerprint density at radius 1 is 0.950 bits per heavy atom. The first kappa shape index (κ1) is 13.9. The Labute approximate surface area is 118 Å². The second-order valence-electron chi connectivity index (χ2n) is 4.57. The van der Waals surface area contributed by atoms with Crippen LogP contribution in [-0.2, 0) is 0 Å².